The standard InChI is InChI=1S/C34H29N3O7S2/c1-16-3-5-17(6-4-16)15-44-24-12-9-19(37(41)42)13-21(24)25-26-22-14-23(29(26)45-31-30(25)46-34(40)35-31)28-27(22)32(38)36(33(28)39)18-7-10-20(43-2)11-8-18/h3-13,22-23,25-29H,14-15H2,1-2H3,(H,35,40)/t22?,23?,25-,26?,27?,28?,29?/m1/s1. The van der Waals surface area contributed by atoms with E-state index >= 15 is 0 Å². The number of fused-ring (bicyclic) bond motifs is 9. The van der Waals surface area contributed by atoms with Crippen LogP contribution < -0.4 is 19.2 Å². The molecular formula is C34H29N3O7S2. The lowest BCUT2D eigenvalue weighted by Crippen LogP contribution is -2.42. The van der Waals surface area contributed by atoms with Crippen LogP contribution in [0, 0.1) is 46.6 Å². The van der Waals surface area contributed by atoms with Crippen LogP contribution in [0.1, 0.15) is 33.9 Å². The molecule has 1 saturated heterocycles. The van der Waals surface area contributed by atoms with Gasteiger partial charge in [-0.25, -0.2) is 0 Å². The van der Waals surface area contributed by atoms with Crippen molar-refractivity contribution in [3.8, 4) is 11.5 Å². The zero-order chi connectivity index (χ0) is 31.9. The summed E-state index contributed by atoms with van der Waals surface area (Å²) in [4.78, 5) is 57.3. The second-order valence-corrected chi connectivity index (χ2v) is 14.6. The largest absolute Gasteiger partial charge is 0.497 e. The number of ether oxygens (including phenoxy) is 2. The first-order valence-corrected chi connectivity index (χ1v) is 16.8. The van der Waals surface area contributed by atoms with Crippen molar-refractivity contribution in [2.45, 2.75) is 36.1 Å². The van der Waals surface area contributed by atoms with Crippen molar-refractivity contribution in [1.82, 2.24) is 4.98 Å². The maximum Gasteiger partial charge on any atom is 0.305 e. The molecule has 2 aliphatic carbocycles. The number of thioether (sulfide) groups is 1. The Morgan fingerprint density at radius 3 is 2.39 bits per heavy atom. The lowest BCUT2D eigenvalue weighted by atomic mass is 9.68. The summed E-state index contributed by atoms with van der Waals surface area (Å²) >= 11 is 2.68. The zero-order valence-corrected chi connectivity index (χ0v) is 26.5. The summed E-state index contributed by atoms with van der Waals surface area (Å²) in [5, 5.41) is 12.7. The number of methoxy groups -OCH3 is 1. The van der Waals surface area contributed by atoms with Crippen LogP contribution in [0.25, 0.3) is 0 Å². The Labute approximate surface area is 271 Å². The zero-order valence-electron chi connectivity index (χ0n) is 24.9. The van der Waals surface area contributed by atoms with E-state index in [4.69, 9.17) is 9.47 Å². The molecule has 2 bridgehead atoms. The molecular weight excluding hydrogens is 627 g/mol. The number of carbonyl (C=O) groups excluding carboxylic acids is 2. The summed E-state index contributed by atoms with van der Waals surface area (Å²) < 4.78 is 11.6. The van der Waals surface area contributed by atoms with Gasteiger partial charge in [-0.2, -0.15) is 0 Å². The topological polar surface area (TPSA) is 132 Å². The Kier molecular flexibility index (Phi) is 6.84. The fraction of sp³-hybridized carbons (Fsp3) is 0.324. The fourth-order valence-corrected chi connectivity index (χ4v) is 11.1. The van der Waals surface area contributed by atoms with Gasteiger partial charge in [-0.15, -0.1) is 11.8 Å². The normalized spacial score (nSPS) is 27.3. The third-order valence-electron chi connectivity index (χ3n) is 10.1. The fourth-order valence-electron chi connectivity index (χ4n) is 8.22. The number of carbonyl (C=O) groups is 2. The van der Waals surface area contributed by atoms with E-state index in [-0.39, 0.29) is 52.0 Å². The summed E-state index contributed by atoms with van der Waals surface area (Å²) in [6.07, 6.45) is 0.704. The maximum absolute atomic E-state index is 14.1. The number of H-pyrrole nitrogens is 1. The highest BCUT2D eigenvalue weighted by atomic mass is 32.2. The second kappa shape index (κ2) is 10.8. The number of thiazole rings is 1. The van der Waals surface area contributed by atoms with Crippen LogP contribution in [0.15, 0.2) is 76.6 Å². The van der Waals surface area contributed by atoms with Gasteiger partial charge in [0.05, 0.1) is 34.6 Å². The number of nitro benzene ring substituents is 1. The lowest BCUT2D eigenvalue weighted by molar-refractivity contribution is -0.385. The van der Waals surface area contributed by atoms with Gasteiger partial charge in [-0.3, -0.25) is 29.4 Å². The first kappa shape index (κ1) is 29.0. The van der Waals surface area contributed by atoms with E-state index in [9.17, 15) is 24.5 Å². The molecule has 3 aromatic carbocycles. The highest BCUT2D eigenvalue weighted by Crippen LogP contribution is 2.69. The van der Waals surface area contributed by atoms with E-state index in [1.54, 1.807) is 55.3 Å². The number of nitro groups is 1. The van der Waals surface area contributed by atoms with Gasteiger partial charge in [-0.05, 0) is 67.0 Å². The molecule has 234 valence electrons. The number of hydrogen-bond donors (Lipinski definition) is 1. The number of rotatable bonds is 7. The van der Waals surface area contributed by atoms with Crippen LogP contribution in [-0.2, 0) is 16.2 Å². The highest BCUT2D eigenvalue weighted by molar-refractivity contribution is 8.00. The Morgan fingerprint density at radius 1 is 0.978 bits per heavy atom. The number of anilines is 1. The number of hydrogen-bond acceptors (Lipinski definition) is 9. The third kappa shape index (κ3) is 4.41. The minimum absolute atomic E-state index is 0.0641. The molecule has 46 heavy (non-hydrogen) atoms. The van der Waals surface area contributed by atoms with E-state index in [1.165, 1.54) is 11.0 Å². The van der Waals surface area contributed by atoms with Crippen molar-refractivity contribution >= 4 is 46.3 Å². The highest BCUT2D eigenvalue weighted by Gasteiger charge is 2.70. The minimum atomic E-state index is -0.503. The van der Waals surface area contributed by atoms with Crippen LogP contribution >= 0.6 is 23.1 Å². The predicted octanol–water partition coefficient (Wildman–Crippen LogP) is 5.92. The summed E-state index contributed by atoms with van der Waals surface area (Å²) in [6, 6.07) is 19.5. The summed E-state index contributed by atoms with van der Waals surface area (Å²) in [7, 11) is 1.56. The smallest absolute Gasteiger partial charge is 0.305 e. The number of aromatic nitrogens is 1. The molecule has 6 unspecified atom stereocenters. The Bertz CT molecular complexity index is 1950. The van der Waals surface area contributed by atoms with Crippen LogP contribution in [0.5, 0.6) is 11.5 Å². The van der Waals surface area contributed by atoms with Gasteiger partial charge < -0.3 is 14.5 Å². The predicted molar refractivity (Wildman–Crippen MR) is 173 cm³/mol. The lowest BCUT2D eigenvalue weighted by Gasteiger charge is -2.43. The van der Waals surface area contributed by atoms with Crippen LogP contribution in [-0.4, -0.2) is 34.1 Å². The molecule has 1 aromatic heterocycles. The first-order valence-electron chi connectivity index (χ1n) is 15.1. The van der Waals surface area contributed by atoms with E-state index in [0.717, 1.165) is 32.4 Å². The Hall–Kier alpha value is -4.42. The molecule has 12 heteroatoms. The van der Waals surface area contributed by atoms with Gasteiger partial charge in [0.15, 0.2) is 0 Å². The van der Waals surface area contributed by atoms with Crippen molar-refractivity contribution in [1.29, 1.82) is 0 Å². The van der Waals surface area contributed by atoms with Crippen LogP contribution in [0.3, 0.4) is 0 Å². The van der Waals surface area contributed by atoms with Gasteiger partial charge in [0.1, 0.15) is 18.1 Å². The quantitative estimate of drug-likeness (QED) is 0.148. The van der Waals surface area contributed by atoms with Crippen molar-refractivity contribution in [2.75, 3.05) is 12.0 Å². The Balaban J connectivity index is 1.21. The Morgan fingerprint density at radius 2 is 1.70 bits per heavy atom. The van der Waals surface area contributed by atoms with Crippen molar-refractivity contribution < 1.29 is 24.0 Å². The summed E-state index contributed by atoms with van der Waals surface area (Å²) in [5.41, 5.74) is 3.15. The van der Waals surface area contributed by atoms with Crippen molar-refractivity contribution in [2.24, 2.45) is 29.6 Å². The van der Waals surface area contributed by atoms with Gasteiger partial charge in [0.25, 0.3) is 5.69 Å². The number of aryl methyl sites for hydroxylation is 1. The third-order valence-corrected chi connectivity index (χ3v) is 12.7. The summed E-state index contributed by atoms with van der Waals surface area (Å²) in [6.45, 7) is 2.27. The van der Waals surface area contributed by atoms with E-state index in [1.807, 2.05) is 31.2 Å². The van der Waals surface area contributed by atoms with E-state index in [2.05, 4.69) is 4.98 Å². The number of non-ortho nitro benzene ring substituents is 1. The molecule has 4 aliphatic rings. The van der Waals surface area contributed by atoms with Gasteiger partial charge in [0, 0.05) is 33.7 Å². The molecule has 8 rings (SSSR count). The first-order chi connectivity index (χ1) is 22.2. The molecule has 7 atom stereocenters. The SMILES string of the molecule is COc1ccc(N2C(=O)C3C4CC(C3C2=O)C2C4Sc3[nH]c(=O)sc3[C@@H]2c2cc([N+](=O)[O-])ccc2OCc2ccc(C)cc2)cc1. The average Bonchev–Trinajstić information content (AvgIpc) is 3.79. The minimum Gasteiger partial charge on any atom is -0.497 e. The molecule has 0 spiro atoms. The maximum atomic E-state index is 14.1. The van der Waals surface area contributed by atoms with E-state index in [0.29, 0.717) is 29.2 Å². The van der Waals surface area contributed by atoms with Gasteiger partial charge in [0.2, 0.25) is 11.8 Å². The molecule has 2 amide bonds. The van der Waals surface area contributed by atoms with Crippen molar-refractivity contribution in [3.05, 3.63) is 108 Å². The van der Waals surface area contributed by atoms with E-state index < -0.39 is 22.7 Å². The van der Waals surface area contributed by atoms with Gasteiger partial charge in [-0.1, -0.05) is 41.2 Å². The molecule has 2 aliphatic heterocycles. The monoisotopic (exact) mass is 655 g/mol. The van der Waals surface area contributed by atoms with Crippen LogP contribution in [0.2, 0.25) is 0 Å². The number of amides is 2. The molecule has 2 saturated carbocycles. The second-order valence-electron chi connectivity index (χ2n) is 12.4. The molecule has 0 radical (unpaired) electrons. The molecule has 4 aromatic rings. The van der Waals surface area contributed by atoms with Crippen LogP contribution in [0.4, 0.5) is 11.4 Å². The molecule has 1 N–H and O–H groups in total. The molecule has 3 fully saturated rings. The van der Waals surface area contributed by atoms with Gasteiger partial charge >= 0.3 is 4.87 Å². The number of imide groups is 1. The molecule has 10 nitrogen and oxygen atoms in total. The molecule has 3 heterocycles. The number of aromatic amines is 1. The number of benzene rings is 3. The van der Waals surface area contributed by atoms with Crippen molar-refractivity contribution in [3.63, 3.8) is 0 Å². The summed E-state index contributed by atoms with van der Waals surface area (Å²) in [5.74, 6) is -1.01. The number of nitrogens with one attached hydrogen (secondary N) is 1. The number of nitrogens with zero attached hydrogens (tertiary/aromatic N) is 2. The average molecular weight is 656 g/mol.